The van der Waals surface area contributed by atoms with E-state index in [9.17, 15) is 8.42 Å². The number of benzene rings is 1. The van der Waals surface area contributed by atoms with Gasteiger partial charge in [0.05, 0.1) is 18.1 Å². The molecule has 0 atom stereocenters. The molecule has 20 heavy (non-hydrogen) atoms. The van der Waals surface area contributed by atoms with Crippen LogP contribution in [0.2, 0.25) is 0 Å². The molecule has 0 radical (unpaired) electrons. The lowest BCUT2D eigenvalue weighted by molar-refractivity contribution is 0.305. The first-order valence-electron chi connectivity index (χ1n) is 6.60. The molecule has 0 fully saturated rings. The highest BCUT2D eigenvalue weighted by Gasteiger charge is 2.09. The van der Waals surface area contributed by atoms with Gasteiger partial charge in [0.25, 0.3) is 0 Å². The van der Waals surface area contributed by atoms with Gasteiger partial charge in [-0.1, -0.05) is 18.8 Å². The molecule has 0 aliphatic rings. The van der Waals surface area contributed by atoms with Gasteiger partial charge in [-0.05, 0) is 30.7 Å². The predicted octanol–water partition coefficient (Wildman–Crippen LogP) is 1.62. The van der Waals surface area contributed by atoms with Gasteiger partial charge in [-0.2, -0.15) is 0 Å². The van der Waals surface area contributed by atoms with Crippen LogP contribution in [0, 0.1) is 11.8 Å². The van der Waals surface area contributed by atoms with E-state index >= 15 is 0 Å². The normalized spacial score (nSPS) is 10.7. The highest BCUT2D eigenvalue weighted by Crippen LogP contribution is 2.11. The van der Waals surface area contributed by atoms with Crippen molar-refractivity contribution in [1.82, 2.24) is 0 Å². The minimum Gasteiger partial charge on any atom is -0.493 e. The topological polar surface area (TPSA) is 63.6 Å². The predicted molar refractivity (Wildman–Crippen MR) is 79.5 cm³/mol. The zero-order valence-corrected chi connectivity index (χ0v) is 12.4. The quantitative estimate of drug-likeness (QED) is 0.777. The van der Waals surface area contributed by atoms with Gasteiger partial charge in [0.15, 0.2) is 9.84 Å². The van der Waals surface area contributed by atoms with Crippen molar-refractivity contribution in [1.29, 1.82) is 0 Å². The third-order valence-electron chi connectivity index (χ3n) is 2.50. The van der Waals surface area contributed by atoms with Crippen molar-refractivity contribution in [2.24, 2.45) is 0 Å². The van der Waals surface area contributed by atoms with E-state index in [0.717, 1.165) is 5.56 Å². The molecule has 0 spiro atoms. The summed E-state index contributed by atoms with van der Waals surface area (Å²) in [6.45, 7) is 2.06. The second-order valence-corrected chi connectivity index (χ2v) is 6.60. The van der Waals surface area contributed by atoms with Crippen molar-refractivity contribution in [3.8, 4) is 17.6 Å². The van der Waals surface area contributed by atoms with Crippen LogP contribution in [0.4, 0.5) is 0 Å². The van der Waals surface area contributed by atoms with Gasteiger partial charge in [0.1, 0.15) is 12.4 Å². The molecule has 0 amide bonds. The lowest BCUT2D eigenvalue weighted by Gasteiger charge is -2.06. The molecule has 1 rings (SSSR count). The van der Waals surface area contributed by atoms with Crippen molar-refractivity contribution >= 4 is 9.84 Å². The number of ether oxygens (including phenoxy) is 1. The Balaban J connectivity index is 2.45. The minimum atomic E-state index is -3.00. The molecule has 110 valence electrons. The van der Waals surface area contributed by atoms with Crippen molar-refractivity contribution < 1.29 is 18.3 Å². The zero-order chi connectivity index (χ0) is 14.8. The largest absolute Gasteiger partial charge is 0.493 e. The lowest BCUT2D eigenvalue weighted by Crippen LogP contribution is -2.16. The van der Waals surface area contributed by atoms with Crippen LogP contribution < -0.4 is 4.74 Å². The fourth-order valence-corrected chi connectivity index (χ4v) is 2.72. The molecule has 0 aliphatic carbocycles. The maximum Gasteiger partial charge on any atom is 0.153 e. The van der Waals surface area contributed by atoms with Gasteiger partial charge in [0.2, 0.25) is 0 Å². The van der Waals surface area contributed by atoms with Crippen LogP contribution in [0.3, 0.4) is 0 Å². The third kappa shape index (κ3) is 6.60. The standard InChI is InChI=1S/C15H20O4S/c1-2-12-20(17,18)13-11-19-15-8-6-14(7-9-15)5-3-4-10-16/h6-9,16H,2,4,10-13H2,1H3. The van der Waals surface area contributed by atoms with Crippen molar-refractivity contribution in [3.63, 3.8) is 0 Å². The van der Waals surface area contributed by atoms with Crippen LogP contribution >= 0.6 is 0 Å². The number of hydrogen-bond donors (Lipinski definition) is 1. The molecule has 0 aromatic heterocycles. The molecule has 0 saturated carbocycles. The molecule has 1 aromatic rings. The SMILES string of the molecule is CCCS(=O)(=O)CCOc1ccc(C#CCCO)cc1. The van der Waals surface area contributed by atoms with Crippen molar-refractivity contribution in [2.45, 2.75) is 19.8 Å². The van der Waals surface area contributed by atoms with Gasteiger partial charge in [-0.15, -0.1) is 0 Å². The average molecular weight is 296 g/mol. The van der Waals surface area contributed by atoms with E-state index in [1.54, 1.807) is 24.3 Å². The summed E-state index contributed by atoms with van der Waals surface area (Å²) < 4.78 is 28.4. The second kappa shape index (κ2) is 8.62. The first-order chi connectivity index (χ1) is 9.57. The van der Waals surface area contributed by atoms with Crippen LogP contribution in [0.5, 0.6) is 5.75 Å². The summed E-state index contributed by atoms with van der Waals surface area (Å²) in [5.74, 6) is 6.61. The van der Waals surface area contributed by atoms with Crippen LogP contribution in [-0.4, -0.2) is 38.2 Å². The Bertz CT molecular complexity index is 550. The summed E-state index contributed by atoms with van der Waals surface area (Å²) in [5, 5.41) is 8.62. The zero-order valence-electron chi connectivity index (χ0n) is 11.6. The van der Waals surface area contributed by atoms with E-state index in [2.05, 4.69) is 11.8 Å². The molecule has 5 heteroatoms. The Labute approximate surface area is 120 Å². The van der Waals surface area contributed by atoms with E-state index in [-0.39, 0.29) is 24.7 Å². The maximum atomic E-state index is 11.5. The highest BCUT2D eigenvalue weighted by atomic mass is 32.2. The molecule has 1 N–H and O–H groups in total. The average Bonchev–Trinajstić information content (AvgIpc) is 2.40. The van der Waals surface area contributed by atoms with E-state index in [4.69, 9.17) is 9.84 Å². The van der Waals surface area contributed by atoms with Crippen molar-refractivity contribution in [3.05, 3.63) is 29.8 Å². The second-order valence-electron chi connectivity index (χ2n) is 4.30. The number of aliphatic hydroxyl groups is 1. The number of sulfone groups is 1. The minimum absolute atomic E-state index is 0.0406. The number of aliphatic hydroxyl groups excluding tert-OH is 1. The summed E-state index contributed by atoms with van der Waals surface area (Å²) in [7, 11) is -3.00. The van der Waals surface area contributed by atoms with Gasteiger partial charge in [-0.25, -0.2) is 8.42 Å². The van der Waals surface area contributed by atoms with Gasteiger partial charge >= 0.3 is 0 Å². The first-order valence-corrected chi connectivity index (χ1v) is 8.42. The monoisotopic (exact) mass is 296 g/mol. The summed E-state index contributed by atoms with van der Waals surface area (Å²) in [6, 6.07) is 7.13. The molecule has 4 nitrogen and oxygen atoms in total. The molecule has 1 aromatic carbocycles. The summed E-state index contributed by atoms with van der Waals surface area (Å²) in [6.07, 6.45) is 1.08. The van der Waals surface area contributed by atoms with E-state index < -0.39 is 9.84 Å². The third-order valence-corrected chi connectivity index (χ3v) is 4.32. The maximum absolute atomic E-state index is 11.5. The molecule has 0 saturated heterocycles. The Kier molecular flexibility index (Phi) is 7.13. The lowest BCUT2D eigenvalue weighted by atomic mass is 10.2. The molecule has 0 heterocycles. The number of rotatable bonds is 7. The van der Waals surface area contributed by atoms with E-state index in [1.165, 1.54) is 0 Å². The smallest absolute Gasteiger partial charge is 0.153 e. The Morgan fingerprint density at radius 3 is 2.50 bits per heavy atom. The van der Waals surface area contributed by atoms with Crippen LogP contribution in [0.1, 0.15) is 25.3 Å². The van der Waals surface area contributed by atoms with Crippen LogP contribution in [0.15, 0.2) is 24.3 Å². The van der Waals surface area contributed by atoms with E-state index in [0.29, 0.717) is 18.6 Å². The summed E-state index contributed by atoms with van der Waals surface area (Å²) in [5.41, 5.74) is 0.837. The first kappa shape index (κ1) is 16.5. The Morgan fingerprint density at radius 1 is 1.20 bits per heavy atom. The van der Waals surface area contributed by atoms with Crippen LogP contribution in [-0.2, 0) is 9.84 Å². The molecule has 0 bridgehead atoms. The van der Waals surface area contributed by atoms with Gasteiger partial charge in [0, 0.05) is 12.0 Å². The summed E-state index contributed by atoms with van der Waals surface area (Å²) in [4.78, 5) is 0. The fourth-order valence-electron chi connectivity index (χ4n) is 1.55. The van der Waals surface area contributed by atoms with E-state index in [1.807, 2.05) is 6.92 Å². The Morgan fingerprint density at radius 2 is 1.90 bits per heavy atom. The fraction of sp³-hybridized carbons (Fsp3) is 0.467. The highest BCUT2D eigenvalue weighted by molar-refractivity contribution is 7.91. The molecule has 0 unspecified atom stereocenters. The van der Waals surface area contributed by atoms with Gasteiger partial charge < -0.3 is 9.84 Å². The Hall–Kier alpha value is -1.51. The summed E-state index contributed by atoms with van der Waals surface area (Å²) >= 11 is 0. The van der Waals surface area contributed by atoms with Gasteiger partial charge in [-0.3, -0.25) is 0 Å². The molecular weight excluding hydrogens is 276 g/mol. The molecule has 0 aliphatic heterocycles. The number of hydrogen-bond acceptors (Lipinski definition) is 4. The van der Waals surface area contributed by atoms with Crippen molar-refractivity contribution in [2.75, 3.05) is 24.7 Å². The molecular formula is C15H20O4S. The van der Waals surface area contributed by atoms with Crippen LogP contribution in [0.25, 0.3) is 0 Å².